The second-order valence-corrected chi connectivity index (χ2v) is 4.63. The number of nitrogens with two attached hydrogens (primary N) is 1. The van der Waals surface area contributed by atoms with Gasteiger partial charge in [0.15, 0.2) is 0 Å². The van der Waals surface area contributed by atoms with Crippen LogP contribution in [0.15, 0.2) is 29.8 Å². The Hall–Kier alpha value is -1.33. The number of alkyl halides is 2. The molecule has 1 aromatic carbocycles. The van der Waals surface area contributed by atoms with Gasteiger partial charge in [-0.1, -0.05) is 24.3 Å². The molecule has 2 nitrogen and oxygen atoms in total. The zero-order valence-electron chi connectivity index (χ0n) is 9.23. The van der Waals surface area contributed by atoms with E-state index < -0.39 is 6.43 Å². The quantitative estimate of drug-likeness (QED) is 0.905. The third-order valence-electron chi connectivity index (χ3n) is 2.50. The number of halogens is 2. The smallest absolute Gasteiger partial charge is 0.281 e. The Bertz CT molecular complexity index is 491. The highest BCUT2D eigenvalue weighted by Gasteiger charge is 2.17. The van der Waals surface area contributed by atoms with Crippen LogP contribution in [-0.4, -0.2) is 4.98 Å². The Morgan fingerprint density at radius 3 is 2.41 bits per heavy atom. The predicted octanol–water partition coefficient (Wildman–Crippen LogP) is 3.77. The van der Waals surface area contributed by atoms with Crippen molar-refractivity contribution in [3.63, 3.8) is 0 Å². The molecular weight excluding hydrogens is 242 g/mol. The van der Waals surface area contributed by atoms with Crippen molar-refractivity contribution in [2.75, 3.05) is 0 Å². The van der Waals surface area contributed by atoms with Gasteiger partial charge in [-0.05, 0) is 18.1 Å². The SMILES string of the molecule is CC(N)c1ccc(-c2scnc2C(F)F)cc1. The summed E-state index contributed by atoms with van der Waals surface area (Å²) in [5, 5.41) is 0. The van der Waals surface area contributed by atoms with Crippen LogP contribution in [0.3, 0.4) is 0 Å². The van der Waals surface area contributed by atoms with Crippen LogP contribution in [0.1, 0.15) is 30.6 Å². The fraction of sp³-hybridized carbons (Fsp3) is 0.250. The molecule has 17 heavy (non-hydrogen) atoms. The maximum atomic E-state index is 12.7. The van der Waals surface area contributed by atoms with Gasteiger partial charge in [0.2, 0.25) is 0 Å². The van der Waals surface area contributed by atoms with Gasteiger partial charge < -0.3 is 5.73 Å². The molecule has 0 aliphatic heterocycles. The zero-order valence-corrected chi connectivity index (χ0v) is 10.0. The molecule has 0 radical (unpaired) electrons. The van der Waals surface area contributed by atoms with E-state index in [0.29, 0.717) is 4.88 Å². The van der Waals surface area contributed by atoms with E-state index in [1.54, 1.807) is 12.1 Å². The lowest BCUT2D eigenvalue weighted by Crippen LogP contribution is -2.04. The summed E-state index contributed by atoms with van der Waals surface area (Å²) in [7, 11) is 0. The number of rotatable bonds is 3. The Morgan fingerprint density at radius 1 is 1.24 bits per heavy atom. The van der Waals surface area contributed by atoms with E-state index in [-0.39, 0.29) is 11.7 Å². The molecule has 2 rings (SSSR count). The first kappa shape index (κ1) is 12.1. The third kappa shape index (κ3) is 2.50. The van der Waals surface area contributed by atoms with Crippen LogP contribution >= 0.6 is 11.3 Å². The van der Waals surface area contributed by atoms with Crippen LogP contribution in [0.25, 0.3) is 10.4 Å². The van der Waals surface area contributed by atoms with E-state index >= 15 is 0 Å². The van der Waals surface area contributed by atoms with Crippen LogP contribution in [0.4, 0.5) is 8.78 Å². The number of aromatic nitrogens is 1. The molecule has 0 aliphatic carbocycles. The molecule has 1 unspecified atom stereocenters. The first-order valence-corrected chi connectivity index (χ1v) is 6.05. The molecule has 5 heteroatoms. The first-order chi connectivity index (χ1) is 8.09. The number of nitrogens with zero attached hydrogens (tertiary/aromatic N) is 1. The van der Waals surface area contributed by atoms with Crippen molar-refractivity contribution in [3.05, 3.63) is 41.0 Å². The maximum Gasteiger partial charge on any atom is 0.281 e. The minimum absolute atomic E-state index is 0.0555. The molecule has 2 N–H and O–H groups in total. The summed E-state index contributed by atoms with van der Waals surface area (Å²) in [6.07, 6.45) is -2.54. The Balaban J connectivity index is 2.37. The summed E-state index contributed by atoms with van der Waals surface area (Å²) < 4.78 is 25.4. The van der Waals surface area contributed by atoms with Gasteiger partial charge in [0.05, 0.1) is 10.4 Å². The summed E-state index contributed by atoms with van der Waals surface area (Å²) >= 11 is 1.22. The molecule has 1 heterocycles. The molecule has 1 aromatic heterocycles. The maximum absolute atomic E-state index is 12.7. The van der Waals surface area contributed by atoms with E-state index in [1.165, 1.54) is 16.8 Å². The standard InChI is InChI=1S/C12H12F2N2S/c1-7(15)8-2-4-9(5-3-8)11-10(12(13)14)16-6-17-11/h2-7,12H,15H2,1H3. The lowest BCUT2D eigenvalue weighted by Gasteiger charge is -2.07. The van der Waals surface area contributed by atoms with Gasteiger partial charge in [0, 0.05) is 6.04 Å². The van der Waals surface area contributed by atoms with Gasteiger partial charge in [-0.25, -0.2) is 13.8 Å². The number of thiazole rings is 1. The van der Waals surface area contributed by atoms with E-state index in [0.717, 1.165) is 11.1 Å². The molecule has 0 fully saturated rings. The molecule has 0 saturated carbocycles. The number of hydrogen-bond acceptors (Lipinski definition) is 3. The predicted molar refractivity (Wildman–Crippen MR) is 65.1 cm³/mol. The van der Waals surface area contributed by atoms with Crippen LogP contribution in [-0.2, 0) is 0 Å². The monoisotopic (exact) mass is 254 g/mol. The van der Waals surface area contributed by atoms with Crippen molar-refractivity contribution in [2.24, 2.45) is 5.73 Å². The second-order valence-electron chi connectivity index (χ2n) is 3.78. The lowest BCUT2D eigenvalue weighted by atomic mass is 10.1. The summed E-state index contributed by atoms with van der Waals surface area (Å²) in [6, 6.07) is 7.26. The van der Waals surface area contributed by atoms with Gasteiger partial charge >= 0.3 is 0 Å². The van der Waals surface area contributed by atoms with Crippen LogP contribution in [0.5, 0.6) is 0 Å². The average molecular weight is 254 g/mol. The molecule has 0 saturated heterocycles. The van der Waals surface area contributed by atoms with E-state index in [2.05, 4.69) is 4.98 Å². The number of benzene rings is 1. The zero-order chi connectivity index (χ0) is 12.4. The Morgan fingerprint density at radius 2 is 1.88 bits per heavy atom. The summed E-state index contributed by atoms with van der Waals surface area (Å²) in [5.41, 5.74) is 8.76. The summed E-state index contributed by atoms with van der Waals surface area (Å²) in [5.74, 6) is 0. The molecule has 0 spiro atoms. The van der Waals surface area contributed by atoms with E-state index in [9.17, 15) is 8.78 Å². The minimum Gasteiger partial charge on any atom is -0.324 e. The van der Waals surface area contributed by atoms with Crippen LogP contribution in [0, 0.1) is 0 Å². The average Bonchev–Trinajstić information content (AvgIpc) is 2.78. The van der Waals surface area contributed by atoms with Crippen molar-refractivity contribution in [1.82, 2.24) is 4.98 Å². The largest absolute Gasteiger partial charge is 0.324 e. The molecular formula is C12H12F2N2S. The van der Waals surface area contributed by atoms with Crippen molar-refractivity contribution >= 4 is 11.3 Å². The van der Waals surface area contributed by atoms with Crippen molar-refractivity contribution < 1.29 is 8.78 Å². The minimum atomic E-state index is -2.54. The molecule has 0 bridgehead atoms. The Kier molecular flexibility index (Phi) is 3.49. The van der Waals surface area contributed by atoms with Crippen molar-refractivity contribution in [3.8, 4) is 10.4 Å². The third-order valence-corrected chi connectivity index (χ3v) is 3.39. The molecule has 90 valence electrons. The highest BCUT2D eigenvalue weighted by molar-refractivity contribution is 7.13. The van der Waals surface area contributed by atoms with Gasteiger partial charge in [0.25, 0.3) is 6.43 Å². The first-order valence-electron chi connectivity index (χ1n) is 5.17. The van der Waals surface area contributed by atoms with Crippen LogP contribution in [0.2, 0.25) is 0 Å². The normalized spacial score (nSPS) is 13.0. The fourth-order valence-corrected chi connectivity index (χ4v) is 2.37. The van der Waals surface area contributed by atoms with Gasteiger partial charge in [0.1, 0.15) is 5.69 Å². The molecule has 1 atom stereocenters. The second kappa shape index (κ2) is 4.89. The molecule has 0 aliphatic rings. The van der Waals surface area contributed by atoms with Crippen LogP contribution < -0.4 is 5.73 Å². The summed E-state index contributed by atoms with van der Waals surface area (Å²) in [6.45, 7) is 1.88. The highest BCUT2D eigenvalue weighted by atomic mass is 32.1. The van der Waals surface area contributed by atoms with Gasteiger partial charge in [-0.2, -0.15) is 0 Å². The Labute approximate surface area is 102 Å². The molecule has 2 aromatic rings. The number of hydrogen-bond donors (Lipinski definition) is 1. The fourth-order valence-electron chi connectivity index (χ4n) is 1.56. The summed E-state index contributed by atoms with van der Waals surface area (Å²) in [4.78, 5) is 4.22. The van der Waals surface area contributed by atoms with Crippen molar-refractivity contribution in [1.29, 1.82) is 0 Å². The molecule has 0 amide bonds. The van der Waals surface area contributed by atoms with E-state index in [4.69, 9.17) is 5.73 Å². The van der Waals surface area contributed by atoms with E-state index in [1.807, 2.05) is 19.1 Å². The van der Waals surface area contributed by atoms with Gasteiger partial charge in [-0.3, -0.25) is 0 Å². The van der Waals surface area contributed by atoms with Crippen molar-refractivity contribution in [2.45, 2.75) is 19.4 Å². The lowest BCUT2D eigenvalue weighted by molar-refractivity contribution is 0.147. The topological polar surface area (TPSA) is 38.9 Å². The highest BCUT2D eigenvalue weighted by Crippen LogP contribution is 2.33. The van der Waals surface area contributed by atoms with Gasteiger partial charge in [-0.15, -0.1) is 11.3 Å².